The van der Waals surface area contributed by atoms with E-state index in [9.17, 15) is 18.5 Å². The number of rotatable bonds is 11. The summed E-state index contributed by atoms with van der Waals surface area (Å²) in [5.74, 6) is -0.996. The van der Waals surface area contributed by atoms with Crippen LogP contribution in [0.3, 0.4) is 0 Å². The Morgan fingerprint density at radius 2 is 1.88 bits per heavy atom. The number of hydrogen-bond donors (Lipinski definition) is 4. The summed E-state index contributed by atoms with van der Waals surface area (Å²) in [7, 11) is 1.11. The molecule has 2 amide bonds. The van der Waals surface area contributed by atoms with Gasteiger partial charge in [-0.1, -0.05) is 6.07 Å². The molecule has 0 radical (unpaired) electrons. The van der Waals surface area contributed by atoms with Gasteiger partial charge in [0.25, 0.3) is 0 Å². The first-order valence-electron chi connectivity index (χ1n) is 12.7. The highest BCUT2D eigenvalue weighted by Gasteiger charge is 2.15. The first-order valence-corrected chi connectivity index (χ1v) is 14.5. The molecule has 0 saturated heterocycles. The van der Waals surface area contributed by atoms with Crippen LogP contribution in [0.5, 0.6) is 11.5 Å². The lowest BCUT2D eigenvalue weighted by molar-refractivity contribution is 0.199. The molecule has 2 aromatic carbocycles. The molecule has 5 rings (SSSR count). The van der Waals surface area contributed by atoms with E-state index in [1.165, 1.54) is 35.6 Å². The van der Waals surface area contributed by atoms with Crippen LogP contribution in [0, 0.1) is 11.6 Å². The van der Waals surface area contributed by atoms with Gasteiger partial charge in [-0.3, -0.25) is 9.97 Å². The van der Waals surface area contributed by atoms with Crippen molar-refractivity contribution in [2.45, 2.75) is 6.54 Å². The average molecular weight is 610 g/mol. The number of carbonyl (C=O) groups excluding carboxylic acids is 1. The van der Waals surface area contributed by atoms with E-state index in [0.29, 0.717) is 29.7 Å². The first kappa shape index (κ1) is 29.4. The minimum atomic E-state index is -0.772. The molecule has 3 heterocycles. The van der Waals surface area contributed by atoms with E-state index in [0.717, 1.165) is 39.5 Å². The number of benzene rings is 2. The molecule has 0 aliphatic rings. The monoisotopic (exact) mass is 609 g/mol. The van der Waals surface area contributed by atoms with Gasteiger partial charge in [0.05, 0.1) is 33.1 Å². The maximum absolute atomic E-state index is 15.0. The SMILES string of the molecule is COCCNCc1ccc(-c2cc3nccc(Oc4ccc(NC(=O)Nc5cc(PO)ccc5F)cc4F)c3s2)nc1. The van der Waals surface area contributed by atoms with Gasteiger partial charge in [0.15, 0.2) is 11.6 Å². The number of aromatic nitrogens is 2. The van der Waals surface area contributed by atoms with Crippen molar-refractivity contribution in [2.75, 3.05) is 30.9 Å². The molecule has 42 heavy (non-hydrogen) atoms. The fraction of sp³-hybridized carbons (Fsp3) is 0.138. The van der Waals surface area contributed by atoms with Crippen LogP contribution in [-0.4, -0.2) is 41.2 Å². The fourth-order valence-corrected chi connectivity index (χ4v) is 5.37. The predicted octanol–water partition coefficient (Wildman–Crippen LogP) is 6.02. The topological polar surface area (TPSA) is 118 Å². The molecule has 216 valence electrons. The number of ether oxygens (including phenoxy) is 2. The molecule has 0 fully saturated rings. The zero-order valence-corrected chi connectivity index (χ0v) is 24.1. The summed E-state index contributed by atoms with van der Waals surface area (Å²) in [4.78, 5) is 31.5. The third kappa shape index (κ3) is 7.22. The van der Waals surface area contributed by atoms with Crippen molar-refractivity contribution in [1.29, 1.82) is 0 Å². The summed E-state index contributed by atoms with van der Waals surface area (Å²) in [5.41, 5.74) is 2.55. The van der Waals surface area contributed by atoms with E-state index >= 15 is 0 Å². The zero-order chi connectivity index (χ0) is 29.5. The maximum Gasteiger partial charge on any atom is 0.323 e. The smallest absolute Gasteiger partial charge is 0.323 e. The predicted molar refractivity (Wildman–Crippen MR) is 162 cm³/mol. The number of nitrogens with one attached hydrogen (secondary N) is 3. The van der Waals surface area contributed by atoms with Crippen molar-refractivity contribution in [3.63, 3.8) is 0 Å². The van der Waals surface area contributed by atoms with Crippen molar-refractivity contribution in [3.8, 4) is 22.1 Å². The van der Waals surface area contributed by atoms with Crippen LogP contribution in [-0.2, 0) is 11.3 Å². The van der Waals surface area contributed by atoms with E-state index in [4.69, 9.17) is 9.47 Å². The van der Waals surface area contributed by atoms with Crippen LogP contribution in [0.4, 0.5) is 25.0 Å². The quantitative estimate of drug-likeness (QED) is 0.107. The van der Waals surface area contributed by atoms with Crippen LogP contribution < -0.4 is 26.0 Å². The Labute approximate surface area is 245 Å². The van der Waals surface area contributed by atoms with Gasteiger partial charge in [-0.25, -0.2) is 13.6 Å². The van der Waals surface area contributed by atoms with Crippen molar-refractivity contribution in [2.24, 2.45) is 0 Å². The van der Waals surface area contributed by atoms with Crippen molar-refractivity contribution in [3.05, 3.63) is 90.3 Å². The number of halogens is 2. The number of fused-ring (bicyclic) bond motifs is 1. The Morgan fingerprint density at radius 3 is 2.64 bits per heavy atom. The van der Waals surface area contributed by atoms with Gasteiger partial charge in [0.1, 0.15) is 11.6 Å². The van der Waals surface area contributed by atoms with Crippen LogP contribution in [0.1, 0.15) is 5.56 Å². The van der Waals surface area contributed by atoms with Crippen LogP contribution in [0.2, 0.25) is 0 Å². The minimum Gasteiger partial charge on any atom is -0.453 e. The van der Waals surface area contributed by atoms with Crippen molar-refractivity contribution < 1.29 is 27.9 Å². The van der Waals surface area contributed by atoms with E-state index in [2.05, 4.69) is 25.9 Å². The summed E-state index contributed by atoms with van der Waals surface area (Å²) in [6.07, 6.45) is 3.40. The largest absolute Gasteiger partial charge is 0.453 e. The van der Waals surface area contributed by atoms with Crippen molar-refractivity contribution in [1.82, 2.24) is 15.3 Å². The molecule has 0 saturated carbocycles. The number of urea groups is 1. The molecule has 5 aromatic rings. The molecule has 3 aromatic heterocycles. The lowest BCUT2D eigenvalue weighted by Gasteiger charge is -2.11. The molecule has 9 nitrogen and oxygen atoms in total. The average Bonchev–Trinajstić information content (AvgIpc) is 3.44. The summed E-state index contributed by atoms with van der Waals surface area (Å²) in [6, 6.07) is 14.6. The Morgan fingerprint density at radius 1 is 1.00 bits per heavy atom. The van der Waals surface area contributed by atoms with E-state index in [1.807, 2.05) is 24.4 Å². The Bertz CT molecular complexity index is 1700. The molecule has 0 bridgehead atoms. The second-order valence-corrected chi connectivity index (χ2v) is 10.8. The first-order chi connectivity index (χ1) is 20.4. The Balaban J connectivity index is 1.26. The van der Waals surface area contributed by atoms with Gasteiger partial charge in [-0.05, 0) is 48.0 Å². The molecule has 1 unspecified atom stereocenters. The maximum atomic E-state index is 15.0. The standard InChI is InChI=1S/C29H26F2N5O4PS/c1-39-11-10-32-15-17-2-6-22(34-16-17)27-14-24-28(42-27)26(8-9-33-24)40-25-7-3-18(12-21(25)31)35-29(37)36-23-13-19(41-38)4-5-20(23)30/h2-9,12-14,16,32,38,41H,10-11,15H2,1H3,(H2,35,36,37). The van der Waals surface area contributed by atoms with E-state index < -0.39 is 26.5 Å². The summed E-state index contributed by atoms with van der Waals surface area (Å²) in [5, 5.41) is 8.56. The van der Waals surface area contributed by atoms with Gasteiger partial charge in [-0.15, -0.1) is 11.3 Å². The number of thiophene rings is 1. The minimum absolute atomic E-state index is 0.0467. The number of amides is 2. The molecule has 0 aliphatic heterocycles. The molecule has 1 atom stereocenters. The summed E-state index contributed by atoms with van der Waals surface area (Å²) < 4.78 is 40.7. The summed E-state index contributed by atoms with van der Waals surface area (Å²) >= 11 is 1.43. The fourth-order valence-electron chi connectivity index (χ4n) is 3.96. The highest BCUT2D eigenvalue weighted by atomic mass is 32.1. The summed E-state index contributed by atoms with van der Waals surface area (Å²) in [6.45, 7) is 2.07. The lowest BCUT2D eigenvalue weighted by atomic mass is 10.2. The lowest BCUT2D eigenvalue weighted by Crippen LogP contribution is -2.20. The third-order valence-corrected chi connectivity index (χ3v) is 7.75. The molecular weight excluding hydrogens is 583 g/mol. The zero-order valence-electron chi connectivity index (χ0n) is 22.3. The van der Waals surface area contributed by atoms with Crippen LogP contribution in [0.25, 0.3) is 20.8 Å². The molecule has 13 heteroatoms. The third-order valence-electron chi connectivity index (χ3n) is 6.02. The second-order valence-electron chi connectivity index (χ2n) is 8.99. The highest BCUT2D eigenvalue weighted by Crippen LogP contribution is 2.39. The Hall–Kier alpha value is -4.06. The van der Waals surface area contributed by atoms with Gasteiger partial charge in [-0.2, -0.15) is 0 Å². The van der Waals surface area contributed by atoms with E-state index in [-0.39, 0.29) is 17.1 Å². The molecular formula is C29H26F2N5O4PS. The normalized spacial score (nSPS) is 11.3. The second kappa shape index (κ2) is 13.7. The van der Waals surface area contributed by atoms with Crippen LogP contribution >= 0.6 is 20.1 Å². The highest BCUT2D eigenvalue weighted by molar-refractivity contribution is 7.40. The van der Waals surface area contributed by atoms with Crippen LogP contribution in [0.15, 0.2) is 73.1 Å². The van der Waals surface area contributed by atoms with Gasteiger partial charge < -0.3 is 30.3 Å². The molecule has 0 spiro atoms. The number of nitrogens with zero attached hydrogens (tertiary/aromatic N) is 2. The van der Waals surface area contributed by atoms with Gasteiger partial charge in [0.2, 0.25) is 0 Å². The number of pyridine rings is 2. The van der Waals surface area contributed by atoms with Gasteiger partial charge in [0, 0.05) is 64.5 Å². The van der Waals surface area contributed by atoms with E-state index in [1.54, 1.807) is 19.4 Å². The Kier molecular flexibility index (Phi) is 9.63. The number of methoxy groups -OCH3 is 1. The number of hydrogen-bond acceptors (Lipinski definition) is 8. The number of anilines is 2. The van der Waals surface area contributed by atoms with Gasteiger partial charge >= 0.3 is 6.03 Å². The number of carbonyl (C=O) groups is 1. The molecule has 0 aliphatic carbocycles. The molecule has 4 N–H and O–H groups in total. The van der Waals surface area contributed by atoms with Crippen molar-refractivity contribution >= 4 is 53.1 Å².